The Labute approximate surface area is 137 Å². The van der Waals surface area contributed by atoms with Crippen molar-refractivity contribution in [2.24, 2.45) is 10.2 Å². The molecule has 1 saturated heterocycles. The van der Waals surface area contributed by atoms with Crippen LogP contribution in [0.1, 0.15) is 34.6 Å². The number of fused-ring (bicyclic) bond motifs is 1. The summed E-state index contributed by atoms with van der Waals surface area (Å²) < 4.78 is 0. The van der Waals surface area contributed by atoms with E-state index < -0.39 is 11.8 Å². The van der Waals surface area contributed by atoms with Crippen molar-refractivity contribution in [3.63, 3.8) is 0 Å². The summed E-state index contributed by atoms with van der Waals surface area (Å²) in [5.41, 5.74) is 1.47. The minimum Gasteiger partial charge on any atom is -0.273 e. The van der Waals surface area contributed by atoms with E-state index in [2.05, 4.69) is 10.2 Å². The Kier molecular flexibility index (Phi) is 3.99. The van der Waals surface area contributed by atoms with Gasteiger partial charge in [-0.1, -0.05) is 23.9 Å². The molecule has 8 heteroatoms. The SMILES string of the molecule is CC(C)=N/N=C1\SCC(=O)N1CN1C(=O)c2ccccc2C1=O. The molecule has 0 aliphatic carbocycles. The quantitative estimate of drug-likeness (QED) is 0.478. The summed E-state index contributed by atoms with van der Waals surface area (Å²) in [6.45, 7) is 3.44. The van der Waals surface area contributed by atoms with Crippen LogP contribution in [0.25, 0.3) is 0 Å². The Morgan fingerprint density at radius 1 is 1.09 bits per heavy atom. The second-order valence-corrected chi connectivity index (χ2v) is 6.21. The number of hydrogen-bond acceptors (Lipinski definition) is 6. The molecule has 3 amide bonds. The van der Waals surface area contributed by atoms with Crippen molar-refractivity contribution < 1.29 is 14.4 Å². The summed E-state index contributed by atoms with van der Waals surface area (Å²) in [7, 11) is 0. The number of benzene rings is 1. The van der Waals surface area contributed by atoms with Gasteiger partial charge >= 0.3 is 0 Å². The molecule has 2 aliphatic heterocycles. The van der Waals surface area contributed by atoms with Crippen molar-refractivity contribution >= 4 is 40.4 Å². The second-order valence-electron chi connectivity index (χ2n) is 5.27. The van der Waals surface area contributed by atoms with Crippen LogP contribution in [-0.4, -0.2) is 50.8 Å². The van der Waals surface area contributed by atoms with E-state index in [1.54, 1.807) is 38.1 Å². The smallest absolute Gasteiger partial charge is 0.263 e. The van der Waals surface area contributed by atoms with Crippen molar-refractivity contribution in [3.05, 3.63) is 35.4 Å². The molecule has 0 spiro atoms. The van der Waals surface area contributed by atoms with Gasteiger partial charge in [-0.2, -0.15) is 5.10 Å². The Morgan fingerprint density at radius 2 is 1.70 bits per heavy atom. The molecule has 0 N–H and O–H groups in total. The minimum atomic E-state index is -0.398. The maximum Gasteiger partial charge on any atom is 0.263 e. The fourth-order valence-electron chi connectivity index (χ4n) is 2.26. The molecule has 23 heavy (non-hydrogen) atoms. The average molecular weight is 330 g/mol. The van der Waals surface area contributed by atoms with Crippen LogP contribution in [0.5, 0.6) is 0 Å². The monoisotopic (exact) mass is 330 g/mol. The van der Waals surface area contributed by atoms with Gasteiger partial charge in [-0.05, 0) is 26.0 Å². The largest absolute Gasteiger partial charge is 0.273 e. The number of hydrogen-bond donors (Lipinski definition) is 0. The summed E-state index contributed by atoms with van der Waals surface area (Å²) in [5.74, 6) is -0.774. The first-order valence-corrected chi connectivity index (χ1v) is 7.95. The van der Waals surface area contributed by atoms with Gasteiger partial charge in [0.1, 0.15) is 6.67 Å². The fourth-order valence-corrected chi connectivity index (χ4v) is 3.09. The highest BCUT2D eigenvalue weighted by atomic mass is 32.2. The average Bonchev–Trinajstić information content (AvgIpc) is 3.00. The Hall–Kier alpha value is -2.48. The molecule has 7 nitrogen and oxygen atoms in total. The molecule has 3 rings (SSSR count). The third-order valence-corrected chi connectivity index (χ3v) is 4.30. The number of imide groups is 1. The maximum atomic E-state index is 12.4. The van der Waals surface area contributed by atoms with Crippen LogP contribution >= 0.6 is 11.8 Å². The van der Waals surface area contributed by atoms with Crippen molar-refractivity contribution in [2.45, 2.75) is 13.8 Å². The zero-order valence-corrected chi connectivity index (χ0v) is 13.5. The predicted molar refractivity (Wildman–Crippen MR) is 87.3 cm³/mol. The van der Waals surface area contributed by atoms with Crippen molar-refractivity contribution in [1.82, 2.24) is 9.80 Å². The second kappa shape index (κ2) is 5.96. The minimum absolute atomic E-state index is 0.144. The van der Waals surface area contributed by atoms with Crippen molar-refractivity contribution in [3.8, 4) is 0 Å². The number of nitrogens with zero attached hydrogens (tertiary/aromatic N) is 4. The molecular weight excluding hydrogens is 316 g/mol. The first kappa shape index (κ1) is 15.4. The van der Waals surface area contributed by atoms with Crippen LogP contribution in [0.2, 0.25) is 0 Å². The molecule has 118 valence electrons. The van der Waals surface area contributed by atoms with Gasteiger partial charge in [0, 0.05) is 5.71 Å². The number of carbonyl (C=O) groups excluding carboxylic acids is 3. The molecule has 0 unspecified atom stereocenters. The third-order valence-electron chi connectivity index (χ3n) is 3.35. The van der Waals surface area contributed by atoms with Crippen LogP contribution in [0.15, 0.2) is 34.5 Å². The van der Waals surface area contributed by atoms with Crippen LogP contribution in [0.3, 0.4) is 0 Å². The first-order chi connectivity index (χ1) is 11.0. The first-order valence-electron chi connectivity index (χ1n) is 6.96. The Balaban J connectivity index is 1.86. The maximum absolute atomic E-state index is 12.4. The van der Waals surface area contributed by atoms with Gasteiger partial charge in [-0.25, -0.2) is 0 Å². The molecule has 0 saturated carbocycles. The van der Waals surface area contributed by atoms with E-state index in [-0.39, 0.29) is 18.3 Å². The number of carbonyl (C=O) groups is 3. The van der Waals surface area contributed by atoms with E-state index in [9.17, 15) is 14.4 Å². The zero-order chi connectivity index (χ0) is 16.6. The highest BCUT2D eigenvalue weighted by molar-refractivity contribution is 8.15. The van der Waals surface area contributed by atoms with Crippen molar-refractivity contribution in [2.75, 3.05) is 12.4 Å². The summed E-state index contributed by atoms with van der Waals surface area (Å²) in [4.78, 5) is 39.1. The van der Waals surface area contributed by atoms with Gasteiger partial charge in [-0.3, -0.25) is 24.2 Å². The summed E-state index contributed by atoms with van der Waals surface area (Å²) >= 11 is 1.24. The number of rotatable bonds is 3. The fraction of sp³-hybridized carbons (Fsp3) is 0.267. The lowest BCUT2D eigenvalue weighted by Crippen LogP contribution is -2.43. The highest BCUT2D eigenvalue weighted by Crippen LogP contribution is 2.25. The molecule has 1 fully saturated rings. The lowest BCUT2D eigenvalue weighted by Gasteiger charge is -2.21. The summed E-state index contributed by atoms with van der Waals surface area (Å²) in [6, 6.07) is 6.62. The molecule has 0 radical (unpaired) electrons. The number of thioether (sulfide) groups is 1. The van der Waals surface area contributed by atoms with Crippen LogP contribution in [0, 0.1) is 0 Å². The lowest BCUT2D eigenvalue weighted by atomic mass is 10.1. The van der Waals surface area contributed by atoms with Crippen LogP contribution in [-0.2, 0) is 4.79 Å². The highest BCUT2D eigenvalue weighted by Gasteiger charge is 2.39. The van der Waals surface area contributed by atoms with E-state index in [1.807, 2.05) is 0 Å². The molecule has 0 aromatic heterocycles. The lowest BCUT2D eigenvalue weighted by molar-refractivity contribution is -0.124. The van der Waals surface area contributed by atoms with Gasteiger partial charge in [0.15, 0.2) is 5.17 Å². The molecule has 0 bridgehead atoms. The standard InChI is InChI=1S/C15H14N4O3S/c1-9(2)16-17-15-18(12(20)7-23-15)8-19-13(21)10-5-3-4-6-11(10)14(19)22/h3-6H,7-8H2,1-2H3/b17-15-. The van der Waals surface area contributed by atoms with Crippen LogP contribution < -0.4 is 0 Å². The molecule has 2 heterocycles. The topological polar surface area (TPSA) is 82.4 Å². The van der Waals surface area contributed by atoms with Crippen molar-refractivity contribution in [1.29, 1.82) is 0 Å². The van der Waals surface area contributed by atoms with Gasteiger partial charge in [0.2, 0.25) is 5.91 Å². The van der Waals surface area contributed by atoms with Crippen LogP contribution in [0.4, 0.5) is 0 Å². The summed E-state index contributed by atoms with van der Waals surface area (Å²) in [5, 5.41) is 8.36. The summed E-state index contributed by atoms with van der Waals surface area (Å²) in [6.07, 6.45) is 0. The normalized spacial score (nSPS) is 18.9. The zero-order valence-electron chi connectivity index (χ0n) is 12.6. The predicted octanol–water partition coefficient (Wildman–Crippen LogP) is 1.57. The van der Waals surface area contributed by atoms with Gasteiger partial charge in [0.25, 0.3) is 11.8 Å². The van der Waals surface area contributed by atoms with E-state index >= 15 is 0 Å². The molecule has 0 atom stereocenters. The Bertz CT molecular complexity index is 733. The molecule has 1 aromatic rings. The van der Waals surface area contributed by atoms with E-state index in [0.717, 1.165) is 10.6 Å². The van der Waals surface area contributed by atoms with Gasteiger partial charge < -0.3 is 0 Å². The van der Waals surface area contributed by atoms with E-state index in [4.69, 9.17) is 0 Å². The molecular formula is C15H14N4O3S. The number of amides is 3. The van der Waals surface area contributed by atoms with E-state index in [1.165, 1.54) is 16.7 Å². The third kappa shape index (κ3) is 2.77. The number of amidine groups is 1. The molecule has 1 aromatic carbocycles. The van der Waals surface area contributed by atoms with E-state index in [0.29, 0.717) is 16.3 Å². The molecule has 2 aliphatic rings. The Morgan fingerprint density at radius 3 is 2.26 bits per heavy atom. The van der Waals surface area contributed by atoms with Gasteiger partial charge in [-0.15, -0.1) is 5.10 Å². The van der Waals surface area contributed by atoms with Gasteiger partial charge in [0.05, 0.1) is 16.9 Å².